The quantitative estimate of drug-likeness (QED) is 0.379. The number of aliphatic hydroxyl groups excluding tert-OH is 2. The van der Waals surface area contributed by atoms with Crippen LogP contribution in [0.2, 0.25) is 0 Å². The second-order valence-electron chi connectivity index (χ2n) is 7.48. The topological polar surface area (TPSA) is 102 Å². The summed E-state index contributed by atoms with van der Waals surface area (Å²) in [6.45, 7) is 9.31. The minimum atomic E-state index is -0.873. The predicted molar refractivity (Wildman–Crippen MR) is 132 cm³/mol. The number of ether oxygens (including phenoxy) is 1. The van der Waals surface area contributed by atoms with Gasteiger partial charge >= 0.3 is 0 Å². The summed E-state index contributed by atoms with van der Waals surface area (Å²) < 4.78 is 14.2. The molecule has 0 spiro atoms. The Morgan fingerprint density at radius 2 is 2.12 bits per heavy atom. The summed E-state index contributed by atoms with van der Waals surface area (Å²) in [7, 11) is 0. The van der Waals surface area contributed by atoms with Gasteiger partial charge in [-0.1, -0.05) is 24.8 Å². The Morgan fingerprint density at radius 1 is 1.33 bits per heavy atom. The van der Waals surface area contributed by atoms with Gasteiger partial charge in [-0.15, -0.1) is 0 Å². The molecule has 3 N–H and O–H groups in total. The van der Waals surface area contributed by atoms with Crippen LogP contribution in [0, 0.1) is 11.3 Å². The number of aliphatic hydroxyl groups is 2. The maximum absolute atomic E-state index is 9.37. The molecule has 2 aromatic rings. The van der Waals surface area contributed by atoms with Crippen LogP contribution >= 0.6 is 11.9 Å². The molecule has 1 aliphatic heterocycles. The minimum Gasteiger partial charge on any atom is -0.457 e. The third-order valence-electron chi connectivity index (χ3n) is 5.13. The number of benzene rings is 1. The lowest BCUT2D eigenvalue weighted by Crippen LogP contribution is -2.36. The van der Waals surface area contributed by atoms with Crippen LogP contribution in [-0.2, 0) is 4.74 Å². The third-order valence-corrected chi connectivity index (χ3v) is 5.87. The van der Waals surface area contributed by atoms with E-state index in [1.807, 2.05) is 31.2 Å². The molecule has 174 valence electrons. The van der Waals surface area contributed by atoms with Crippen molar-refractivity contribution in [2.75, 3.05) is 39.5 Å². The number of allylic oxidation sites excluding steroid dienone is 3. The highest BCUT2D eigenvalue weighted by molar-refractivity contribution is 8.01. The molecule has 3 rings (SSSR count). The maximum Gasteiger partial charge on any atom is 0.134 e. The van der Waals surface area contributed by atoms with Gasteiger partial charge in [-0.25, -0.2) is 0 Å². The zero-order valence-electron chi connectivity index (χ0n) is 18.7. The molecule has 1 aromatic carbocycles. The number of nitrogens with zero attached hydrogens (tertiary/aromatic N) is 2. The molecule has 0 radical (unpaired) electrons. The van der Waals surface area contributed by atoms with Crippen molar-refractivity contribution in [3.63, 3.8) is 0 Å². The highest BCUT2D eigenvalue weighted by Gasteiger charge is 2.11. The molecule has 33 heavy (non-hydrogen) atoms. The number of hydrogen-bond donors (Lipinski definition) is 3. The highest BCUT2D eigenvalue weighted by atomic mass is 32.2. The Labute approximate surface area is 198 Å². The van der Waals surface area contributed by atoms with Gasteiger partial charge in [0, 0.05) is 37.0 Å². The molecular formula is C25H29N3O4S. The normalized spacial score (nSPS) is 16.7. The molecule has 1 fully saturated rings. The molecule has 1 unspecified atom stereocenters. The number of nitriles is 1. The van der Waals surface area contributed by atoms with Gasteiger partial charge < -0.3 is 24.3 Å². The first-order chi connectivity index (χ1) is 16.0. The summed E-state index contributed by atoms with van der Waals surface area (Å²) >= 11 is 1.08. The van der Waals surface area contributed by atoms with E-state index in [1.165, 1.54) is 0 Å². The number of morpholine rings is 1. The van der Waals surface area contributed by atoms with E-state index in [0.717, 1.165) is 59.9 Å². The lowest BCUT2D eigenvalue weighted by molar-refractivity contribution is 0.0561. The van der Waals surface area contributed by atoms with Crippen LogP contribution in [0.15, 0.2) is 51.4 Å². The summed E-state index contributed by atoms with van der Waals surface area (Å²) in [6, 6.07) is 11.8. The summed E-state index contributed by atoms with van der Waals surface area (Å²) in [6.07, 6.45) is 5.00. The molecule has 1 saturated heterocycles. The van der Waals surface area contributed by atoms with Crippen LogP contribution < -0.4 is 15.2 Å². The van der Waals surface area contributed by atoms with E-state index in [2.05, 4.69) is 34.4 Å². The maximum atomic E-state index is 9.37. The second-order valence-corrected chi connectivity index (χ2v) is 8.41. The van der Waals surface area contributed by atoms with Gasteiger partial charge in [0.25, 0.3) is 0 Å². The van der Waals surface area contributed by atoms with Crippen LogP contribution in [0.5, 0.6) is 0 Å². The molecule has 0 amide bonds. The molecule has 1 aliphatic rings. The van der Waals surface area contributed by atoms with E-state index < -0.39 is 6.10 Å². The number of hydrogen-bond acceptors (Lipinski definition) is 8. The van der Waals surface area contributed by atoms with Crippen LogP contribution in [0.25, 0.3) is 30.1 Å². The second kappa shape index (κ2) is 12.4. The molecule has 0 bridgehead atoms. The van der Waals surface area contributed by atoms with E-state index in [0.29, 0.717) is 16.4 Å². The monoisotopic (exact) mass is 467 g/mol. The first-order valence-electron chi connectivity index (χ1n) is 10.7. The van der Waals surface area contributed by atoms with E-state index in [4.69, 9.17) is 14.3 Å². The predicted octanol–water partition coefficient (Wildman–Crippen LogP) is 1.83. The van der Waals surface area contributed by atoms with E-state index in [-0.39, 0.29) is 13.2 Å². The van der Waals surface area contributed by atoms with Crippen LogP contribution in [0.1, 0.15) is 12.7 Å². The molecule has 7 nitrogen and oxygen atoms in total. The summed E-state index contributed by atoms with van der Waals surface area (Å²) in [4.78, 5) is 2.69. The Morgan fingerprint density at radius 3 is 2.79 bits per heavy atom. The van der Waals surface area contributed by atoms with Gasteiger partial charge in [-0.2, -0.15) is 5.26 Å². The Hall–Kier alpha value is -2.80. The van der Waals surface area contributed by atoms with Gasteiger partial charge in [0.1, 0.15) is 22.5 Å². The summed E-state index contributed by atoms with van der Waals surface area (Å²) in [5.41, 5.74) is 2.06. The molecule has 2 heterocycles. The summed E-state index contributed by atoms with van der Waals surface area (Å²) in [5, 5.41) is 29.5. The average Bonchev–Trinajstić information content (AvgIpc) is 3.31. The Balaban J connectivity index is 1.74. The van der Waals surface area contributed by atoms with Gasteiger partial charge in [-0.05, 0) is 53.6 Å². The largest absolute Gasteiger partial charge is 0.457 e. The fraction of sp³-hybridized carbons (Fsp3) is 0.320. The average molecular weight is 468 g/mol. The van der Waals surface area contributed by atoms with Gasteiger partial charge in [0.2, 0.25) is 0 Å². The number of nitrogens with one attached hydrogen (secondary N) is 1. The van der Waals surface area contributed by atoms with Crippen LogP contribution in [0.4, 0.5) is 0 Å². The molecule has 0 saturated carbocycles. The van der Waals surface area contributed by atoms with Crippen molar-refractivity contribution in [1.29, 1.82) is 5.26 Å². The highest BCUT2D eigenvalue weighted by Crippen LogP contribution is 2.23. The van der Waals surface area contributed by atoms with Crippen molar-refractivity contribution in [2.24, 2.45) is 0 Å². The smallest absolute Gasteiger partial charge is 0.134 e. The zero-order chi connectivity index (χ0) is 23.6. The van der Waals surface area contributed by atoms with Gasteiger partial charge in [-0.3, -0.25) is 4.72 Å². The lowest BCUT2D eigenvalue weighted by Gasteiger charge is -2.29. The van der Waals surface area contributed by atoms with Gasteiger partial charge in [0.15, 0.2) is 0 Å². The van der Waals surface area contributed by atoms with Crippen LogP contribution in [0.3, 0.4) is 0 Å². The fourth-order valence-corrected chi connectivity index (χ4v) is 3.97. The van der Waals surface area contributed by atoms with Crippen LogP contribution in [-0.4, -0.2) is 60.7 Å². The summed E-state index contributed by atoms with van der Waals surface area (Å²) in [5.74, 6) is 1.23. The number of furan rings is 1. The van der Waals surface area contributed by atoms with Gasteiger partial charge in [0.05, 0.1) is 25.9 Å². The van der Waals surface area contributed by atoms with E-state index in [1.54, 1.807) is 12.1 Å². The van der Waals surface area contributed by atoms with E-state index >= 15 is 0 Å². The molecule has 1 atom stereocenters. The Kier molecular flexibility index (Phi) is 9.36. The third kappa shape index (κ3) is 7.09. The minimum absolute atomic E-state index is 0.166. The Bertz CT molecular complexity index is 1140. The molecule has 8 heteroatoms. The SMILES string of the molecule is C=c1cc(-c2ccc(/C=C(\C#N)SNCC(O)CO)o2)cc/c1=C/C(=C\C)N1CCOCC1. The first-order valence-corrected chi connectivity index (χ1v) is 11.6. The molecule has 1 aromatic heterocycles. The zero-order valence-corrected chi connectivity index (χ0v) is 19.5. The molecule has 0 aliphatic carbocycles. The lowest BCUT2D eigenvalue weighted by atomic mass is 10.1. The van der Waals surface area contributed by atoms with Crippen molar-refractivity contribution < 1.29 is 19.4 Å². The van der Waals surface area contributed by atoms with E-state index in [9.17, 15) is 10.4 Å². The van der Waals surface area contributed by atoms with Crippen molar-refractivity contribution in [3.8, 4) is 17.4 Å². The standard InChI is InChI=1S/C25H29N3O4S/c1-3-21(28-8-10-31-11-9-28)13-19-4-5-20(12-18(19)2)25-7-6-23(32-25)14-24(15-26)33-27-16-22(30)17-29/h3-7,12-14,22,27,29-30H,2,8-11,16-17H2,1H3/b19-13-,21-3+,24-14+. The fourth-order valence-electron chi connectivity index (χ4n) is 3.32. The van der Waals surface area contributed by atoms with Crippen molar-refractivity contribution >= 4 is 30.7 Å². The van der Waals surface area contributed by atoms with Crippen molar-refractivity contribution in [3.05, 3.63) is 63.2 Å². The van der Waals surface area contributed by atoms with Crippen molar-refractivity contribution in [2.45, 2.75) is 13.0 Å². The van der Waals surface area contributed by atoms with Crippen molar-refractivity contribution in [1.82, 2.24) is 9.62 Å². The molecular weight excluding hydrogens is 438 g/mol. The number of rotatable bonds is 9. The first kappa shape index (κ1) is 24.8.